The molecule has 0 saturated carbocycles. The van der Waals surface area contributed by atoms with E-state index < -0.39 is 30.0 Å². The molecular formula is C18H14N6O6S2. The zero-order valence-electron chi connectivity index (χ0n) is 15.9. The van der Waals surface area contributed by atoms with E-state index in [9.17, 15) is 25.9 Å². The lowest BCUT2D eigenvalue weighted by atomic mass is 10.1. The van der Waals surface area contributed by atoms with Crippen molar-refractivity contribution in [3.63, 3.8) is 0 Å². The number of rotatable bonds is 6. The van der Waals surface area contributed by atoms with E-state index in [1.807, 2.05) is 0 Å². The lowest BCUT2D eigenvalue weighted by Crippen LogP contribution is -2.02. The molecule has 0 bridgehead atoms. The minimum atomic E-state index is -4.62. The van der Waals surface area contributed by atoms with Crippen LogP contribution in [-0.2, 0) is 20.2 Å². The predicted molar refractivity (Wildman–Crippen MR) is 112 cm³/mol. The number of benzene rings is 2. The first kappa shape index (κ1) is 21.5. The van der Waals surface area contributed by atoms with Gasteiger partial charge in [-0.1, -0.05) is 36.4 Å². The van der Waals surface area contributed by atoms with Gasteiger partial charge in [-0.05, 0) is 23.3 Å². The van der Waals surface area contributed by atoms with E-state index in [-0.39, 0.29) is 11.1 Å². The molecule has 0 spiro atoms. The molecule has 2 aromatic carbocycles. The summed E-state index contributed by atoms with van der Waals surface area (Å²) in [6.45, 7) is 0. The summed E-state index contributed by atoms with van der Waals surface area (Å²) >= 11 is 0. The lowest BCUT2D eigenvalue weighted by molar-refractivity contribution is 0.480. The van der Waals surface area contributed by atoms with Gasteiger partial charge in [0.25, 0.3) is 20.2 Å². The van der Waals surface area contributed by atoms with Crippen LogP contribution in [0, 0.1) is 0 Å². The van der Waals surface area contributed by atoms with Crippen LogP contribution in [0.4, 0.5) is 0 Å². The Kier molecular flexibility index (Phi) is 5.43. The summed E-state index contributed by atoms with van der Waals surface area (Å²) in [6, 6.07) is 8.38. The molecular weight excluding hydrogens is 460 g/mol. The van der Waals surface area contributed by atoms with E-state index >= 15 is 0 Å². The summed E-state index contributed by atoms with van der Waals surface area (Å²) in [5.41, 5.74) is 1.67. The molecule has 0 aliphatic carbocycles. The largest absolute Gasteiger partial charge is 0.295 e. The quantitative estimate of drug-likeness (QED) is 0.237. The third kappa shape index (κ3) is 4.47. The first-order valence-corrected chi connectivity index (χ1v) is 11.6. The van der Waals surface area contributed by atoms with E-state index in [0.29, 0.717) is 22.5 Å². The Morgan fingerprint density at radius 1 is 0.688 bits per heavy atom. The summed E-state index contributed by atoms with van der Waals surface area (Å²) in [7, 11) is -9.24. The van der Waals surface area contributed by atoms with Crippen LogP contribution in [0.3, 0.4) is 0 Å². The molecule has 0 aliphatic heterocycles. The fraction of sp³-hybridized carbons (Fsp3) is 0. The second-order valence-electron chi connectivity index (χ2n) is 6.50. The Bertz CT molecular complexity index is 1400. The molecule has 0 fully saturated rings. The first-order chi connectivity index (χ1) is 15.1. The summed E-state index contributed by atoms with van der Waals surface area (Å²) in [5, 5.41) is 19.8. The molecule has 0 atom stereocenters. The van der Waals surface area contributed by atoms with Gasteiger partial charge < -0.3 is 0 Å². The highest BCUT2D eigenvalue weighted by atomic mass is 32.2. The second kappa shape index (κ2) is 8.08. The van der Waals surface area contributed by atoms with Crippen LogP contribution in [0.25, 0.3) is 34.7 Å². The van der Waals surface area contributed by atoms with Gasteiger partial charge in [0.2, 0.25) is 0 Å². The molecule has 4 rings (SSSR count). The highest BCUT2D eigenvalue weighted by Gasteiger charge is 2.18. The van der Waals surface area contributed by atoms with Crippen LogP contribution in [0.5, 0.6) is 0 Å². The minimum absolute atomic E-state index is 0.0848. The number of aromatic amines is 2. The van der Waals surface area contributed by atoms with Crippen LogP contribution in [0.1, 0.15) is 11.1 Å². The molecule has 4 N–H and O–H groups in total. The van der Waals surface area contributed by atoms with Gasteiger partial charge in [-0.2, -0.15) is 47.7 Å². The monoisotopic (exact) mass is 474 g/mol. The van der Waals surface area contributed by atoms with Gasteiger partial charge in [0.1, 0.15) is 21.2 Å². The second-order valence-corrected chi connectivity index (χ2v) is 9.28. The fourth-order valence-corrected chi connectivity index (χ4v) is 4.39. The van der Waals surface area contributed by atoms with E-state index in [4.69, 9.17) is 0 Å². The number of H-pyrrole nitrogens is 2. The summed E-state index contributed by atoms with van der Waals surface area (Å²) in [5.74, 6) is 0. The Balaban J connectivity index is 1.79. The van der Waals surface area contributed by atoms with E-state index in [1.165, 1.54) is 48.8 Å². The molecule has 2 aromatic heterocycles. The van der Waals surface area contributed by atoms with Crippen molar-refractivity contribution in [3.05, 3.63) is 59.9 Å². The number of nitrogens with one attached hydrogen (secondary N) is 2. The minimum Gasteiger partial charge on any atom is -0.282 e. The first-order valence-electron chi connectivity index (χ1n) is 8.76. The molecule has 32 heavy (non-hydrogen) atoms. The normalized spacial score (nSPS) is 12.4. The fourth-order valence-electron chi connectivity index (χ4n) is 2.97. The van der Waals surface area contributed by atoms with E-state index in [1.54, 1.807) is 12.1 Å². The van der Waals surface area contributed by atoms with Gasteiger partial charge in [0, 0.05) is 11.1 Å². The number of aromatic nitrogens is 6. The maximum absolute atomic E-state index is 11.9. The average molecular weight is 474 g/mol. The van der Waals surface area contributed by atoms with Crippen molar-refractivity contribution in [2.75, 3.05) is 0 Å². The highest BCUT2D eigenvalue weighted by Crippen LogP contribution is 2.28. The van der Waals surface area contributed by atoms with Crippen molar-refractivity contribution >= 4 is 32.4 Å². The van der Waals surface area contributed by atoms with Crippen molar-refractivity contribution in [2.45, 2.75) is 9.79 Å². The zero-order valence-corrected chi connectivity index (χ0v) is 17.5. The highest BCUT2D eigenvalue weighted by molar-refractivity contribution is 7.86. The predicted octanol–water partition coefficient (Wildman–Crippen LogP) is 1.92. The molecule has 0 unspecified atom stereocenters. The third-order valence-corrected chi connectivity index (χ3v) is 6.27. The van der Waals surface area contributed by atoms with Gasteiger partial charge in [0.15, 0.2) is 0 Å². The molecule has 164 valence electrons. The number of hydrogen-bond acceptors (Lipinski definition) is 8. The molecule has 0 saturated heterocycles. The Hall–Kier alpha value is -3.72. The van der Waals surface area contributed by atoms with Gasteiger partial charge in [-0.25, -0.2) is 0 Å². The molecule has 2 heterocycles. The number of nitrogens with zero attached hydrogens (tertiary/aromatic N) is 4. The van der Waals surface area contributed by atoms with Crippen LogP contribution < -0.4 is 0 Å². The van der Waals surface area contributed by atoms with Crippen LogP contribution in [0.15, 0.2) is 58.6 Å². The third-order valence-electron chi connectivity index (χ3n) is 4.45. The smallest absolute Gasteiger partial charge is 0.282 e. The van der Waals surface area contributed by atoms with Crippen molar-refractivity contribution in [3.8, 4) is 22.5 Å². The van der Waals surface area contributed by atoms with Crippen LogP contribution in [0.2, 0.25) is 0 Å². The molecule has 0 aliphatic rings. The van der Waals surface area contributed by atoms with Crippen molar-refractivity contribution in [1.82, 2.24) is 30.8 Å². The Morgan fingerprint density at radius 3 is 1.41 bits per heavy atom. The van der Waals surface area contributed by atoms with E-state index in [0.717, 1.165) is 0 Å². The maximum Gasteiger partial charge on any atom is 0.295 e. The average Bonchev–Trinajstić information content (AvgIpc) is 3.45. The SMILES string of the molecule is O=S(=O)(O)c1cc(-c2cn[nH]n2)ccc1C=Cc1ccc(-c2cn[nH]n2)cc1S(=O)(=O)O. The Labute approximate surface area is 181 Å². The summed E-state index contributed by atoms with van der Waals surface area (Å²) in [6.07, 6.45) is 5.37. The zero-order chi connectivity index (χ0) is 22.9. The van der Waals surface area contributed by atoms with E-state index in [2.05, 4.69) is 30.8 Å². The lowest BCUT2D eigenvalue weighted by Gasteiger charge is -2.07. The van der Waals surface area contributed by atoms with Crippen LogP contribution >= 0.6 is 0 Å². The topological polar surface area (TPSA) is 192 Å². The Morgan fingerprint density at radius 2 is 1.09 bits per heavy atom. The van der Waals surface area contributed by atoms with Crippen LogP contribution in [-0.4, -0.2) is 56.8 Å². The van der Waals surface area contributed by atoms with Gasteiger partial charge in [-0.3, -0.25) is 9.11 Å². The van der Waals surface area contributed by atoms with Gasteiger partial charge in [-0.15, -0.1) is 0 Å². The molecule has 0 radical (unpaired) electrons. The van der Waals surface area contributed by atoms with Crippen molar-refractivity contribution in [2.24, 2.45) is 0 Å². The molecule has 12 nitrogen and oxygen atoms in total. The molecule has 14 heteroatoms. The van der Waals surface area contributed by atoms with Crippen molar-refractivity contribution in [1.29, 1.82) is 0 Å². The molecule has 4 aromatic rings. The number of hydrogen-bond donors (Lipinski definition) is 4. The van der Waals surface area contributed by atoms with Gasteiger partial charge >= 0.3 is 0 Å². The molecule has 0 amide bonds. The summed E-state index contributed by atoms with van der Waals surface area (Å²) < 4.78 is 67.0. The summed E-state index contributed by atoms with van der Waals surface area (Å²) in [4.78, 5) is -0.830. The van der Waals surface area contributed by atoms with Gasteiger partial charge in [0.05, 0.1) is 12.4 Å². The van der Waals surface area contributed by atoms with Crippen molar-refractivity contribution < 1.29 is 25.9 Å². The maximum atomic E-state index is 11.9. The standard InChI is InChI=1S/C18H14N6O6S2/c25-31(26,27)17-7-13(15-9-19-23-21-15)5-3-11(17)1-2-12-4-6-14(16-10-20-24-22-16)8-18(12)32(28,29)30/h1-10H,(H,19,21,23)(H,20,22,24)(H,25,26,27)(H,28,29,30).